The first-order valence-electron chi connectivity index (χ1n) is 6.65. The lowest BCUT2D eigenvalue weighted by Crippen LogP contribution is -2.42. The van der Waals surface area contributed by atoms with Gasteiger partial charge in [0.15, 0.2) is 0 Å². The van der Waals surface area contributed by atoms with E-state index in [9.17, 15) is 0 Å². The molecule has 1 N–H and O–H groups in total. The molecule has 20 heavy (non-hydrogen) atoms. The maximum absolute atomic E-state index is 5.90. The van der Waals surface area contributed by atoms with Gasteiger partial charge in [0, 0.05) is 17.6 Å². The van der Waals surface area contributed by atoms with E-state index in [1.807, 2.05) is 18.2 Å². The lowest BCUT2D eigenvalue weighted by molar-refractivity contribution is 0.164. The number of hydrogen-bond donors (Lipinski definition) is 1. The summed E-state index contributed by atoms with van der Waals surface area (Å²) in [7, 11) is 2.18. The summed E-state index contributed by atoms with van der Waals surface area (Å²) in [6.45, 7) is 3.89. The summed E-state index contributed by atoms with van der Waals surface area (Å²) in [6.07, 6.45) is 2.45. The van der Waals surface area contributed by atoms with Gasteiger partial charge in [-0.25, -0.2) is 0 Å². The molecule has 0 radical (unpaired) electrons. The fourth-order valence-corrected chi connectivity index (χ4v) is 3.12. The molecule has 1 aromatic rings. The van der Waals surface area contributed by atoms with Gasteiger partial charge in [-0.15, -0.1) is 12.4 Å². The van der Waals surface area contributed by atoms with Gasteiger partial charge in [-0.05, 0) is 67.1 Å². The Morgan fingerprint density at radius 2 is 2.10 bits per heavy atom. The summed E-state index contributed by atoms with van der Waals surface area (Å²) in [6, 6.07) is 6.28. The molecular weight excluding hydrogens is 363 g/mol. The summed E-state index contributed by atoms with van der Waals surface area (Å²) >= 11 is 9.36. The predicted octanol–water partition coefficient (Wildman–Crippen LogP) is 3.59. The topological polar surface area (TPSA) is 24.5 Å². The Balaban J connectivity index is 0.00000200. The Kier molecular flexibility index (Phi) is 8.22. The largest absolute Gasteiger partial charge is 0.491 e. The minimum atomic E-state index is 0. The lowest BCUT2D eigenvalue weighted by atomic mass is 10.1. The molecule has 0 atom stereocenters. The van der Waals surface area contributed by atoms with Crippen molar-refractivity contribution in [1.82, 2.24) is 10.2 Å². The summed E-state index contributed by atoms with van der Waals surface area (Å²) in [5.74, 6) is 0.850. The third-order valence-electron chi connectivity index (χ3n) is 3.53. The molecule has 1 heterocycles. The van der Waals surface area contributed by atoms with E-state index in [0.717, 1.165) is 29.9 Å². The lowest BCUT2D eigenvalue weighted by Gasteiger charge is -2.31. The number of nitrogens with one attached hydrogen (secondary N) is 1. The maximum atomic E-state index is 5.90. The van der Waals surface area contributed by atoms with Crippen LogP contribution in [0.2, 0.25) is 5.02 Å². The Labute approximate surface area is 140 Å². The van der Waals surface area contributed by atoms with Crippen molar-refractivity contribution in [3.63, 3.8) is 0 Å². The van der Waals surface area contributed by atoms with Crippen LogP contribution in [0.3, 0.4) is 0 Å². The van der Waals surface area contributed by atoms with Crippen molar-refractivity contribution in [3.8, 4) is 5.75 Å². The molecule has 3 nitrogen and oxygen atoms in total. The second kappa shape index (κ2) is 9.11. The number of benzene rings is 1. The van der Waals surface area contributed by atoms with Crippen LogP contribution in [0.5, 0.6) is 5.75 Å². The van der Waals surface area contributed by atoms with Crippen molar-refractivity contribution in [2.75, 3.05) is 33.3 Å². The van der Waals surface area contributed by atoms with Gasteiger partial charge in [0.05, 0.1) is 4.47 Å². The zero-order valence-corrected chi connectivity index (χ0v) is 14.7. The Bertz CT molecular complexity index is 414. The van der Waals surface area contributed by atoms with Gasteiger partial charge in [0.1, 0.15) is 12.4 Å². The van der Waals surface area contributed by atoms with Crippen LogP contribution < -0.4 is 10.1 Å². The van der Waals surface area contributed by atoms with Gasteiger partial charge >= 0.3 is 0 Å². The Hall–Kier alpha value is -0.000000000000000111. The van der Waals surface area contributed by atoms with E-state index < -0.39 is 0 Å². The smallest absolute Gasteiger partial charge is 0.133 e. The van der Waals surface area contributed by atoms with Crippen LogP contribution in [0.4, 0.5) is 0 Å². The third-order valence-corrected chi connectivity index (χ3v) is 4.38. The first-order chi connectivity index (χ1) is 9.16. The molecule has 1 aliphatic heterocycles. The molecule has 1 fully saturated rings. The van der Waals surface area contributed by atoms with Crippen molar-refractivity contribution >= 4 is 39.9 Å². The molecule has 6 heteroatoms. The SMILES string of the molecule is CN(CCOc1ccc(Cl)cc1Br)C1CCNCC1.Cl. The predicted molar refractivity (Wildman–Crippen MR) is 90.4 cm³/mol. The molecule has 0 aromatic heterocycles. The van der Waals surface area contributed by atoms with Gasteiger partial charge in [0.2, 0.25) is 0 Å². The van der Waals surface area contributed by atoms with Gasteiger partial charge in [-0.2, -0.15) is 0 Å². The fourth-order valence-electron chi connectivity index (χ4n) is 2.32. The number of halogens is 3. The van der Waals surface area contributed by atoms with E-state index in [-0.39, 0.29) is 12.4 Å². The highest BCUT2D eigenvalue weighted by molar-refractivity contribution is 9.10. The molecule has 1 aromatic carbocycles. The fraction of sp³-hybridized carbons (Fsp3) is 0.571. The van der Waals surface area contributed by atoms with Crippen LogP contribution in [0.15, 0.2) is 22.7 Å². The Morgan fingerprint density at radius 3 is 2.75 bits per heavy atom. The average Bonchev–Trinajstić information content (AvgIpc) is 2.42. The third kappa shape index (κ3) is 5.41. The molecule has 0 unspecified atom stereocenters. The monoisotopic (exact) mass is 382 g/mol. The maximum Gasteiger partial charge on any atom is 0.133 e. The molecule has 2 rings (SSSR count). The van der Waals surface area contributed by atoms with Gasteiger partial charge in [-0.1, -0.05) is 11.6 Å². The van der Waals surface area contributed by atoms with Gasteiger partial charge < -0.3 is 10.1 Å². The molecule has 0 spiro atoms. The first kappa shape index (κ1) is 18.1. The molecule has 114 valence electrons. The van der Waals surface area contributed by atoms with Crippen molar-refractivity contribution < 1.29 is 4.74 Å². The number of piperidine rings is 1. The molecule has 1 saturated heterocycles. The van der Waals surface area contributed by atoms with Crippen LogP contribution >= 0.6 is 39.9 Å². The van der Waals surface area contributed by atoms with Gasteiger partial charge in [-0.3, -0.25) is 4.90 Å². The molecule has 0 saturated carbocycles. The average molecular weight is 384 g/mol. The van der Waals surface area contributed by atoms with E-state index >= 15 is 0 Å². The van der Waals surface area contributed by atoms with E-state index in [1.165, 1.54) is 12.8 Å². The van der Waals surface area contributed by atoms with Crippen molar-refractivity contribution in [3.05, 3.63) is 27.7 Å². The zero-order chi connectivity index (χ0) is 13.7. The molecule has 1 aliphatic rings. The van der Waals surface area contributed by atoms with E-state index in [0.29, 0.717) is 17.7 Å². The highest BCUT2D eigenvalue weighted by atomic mass is 79.9. The molecule has 0 bridgehead atoms. The highest BCUT2D eigenvalue weighted by Gasteiger charge is 2.17. The Morgan fingerprint density at radius 1 is 1.40 bits per heavy atom. The highest BCUT2D eigenvalue weighted by Crippen LogP contribution is 2.27. The molecular formula is C14H21BrCl2N2O. The van der Waals surface area contributed by atoms with Crippen molar-refractivity contribution in [2.24, 2.45) is 0 Å². The summed E-state index contributed by atoms with van der Waals surface area (Å²) < 4.78 is 6.70. The number of rotatable bonds is 5. The number of hydrogen-bond acceptors (Lipinski definition) is 3. The van der Waals surface area contributed by atoms with Crippen molar-refractivity contribution in [2.45, 2.75) is 18.9 Å². The number of nitrogens with zero attached hydrogens (tertiary/aromatic N) is 1. The van der Waals surface area contributed by atoms with E-state index in [2.05, 4.69) is 33.2 Å². The van der Waals surface area contributed by atoms with Crippen LogP contribution in [-0.4, -0.2) is 44.2 Å². The first-order valence-corrected chi connectivity index (χ1v) is 7.83. The quantitative estimate of drug-likeness (QED) is 0.840. The van der Waals surface area contributed by atoms with Crippen LogP contribution in [0.1, 0.15) is 12.8 Å². The van der Waals surface area contributed by atoms with E-state index in [1.54, 1.807) is 0 Å². The standard InChI is InChI=1S/C14H20BrClN2O.ClH/c1-18(12-4-6-17-7-5-12)8-9-19-14-3-2-11(16)10-13(14)15;/h2-3,10,12,17H,4-9H2,1H3;1H. The molecule has 0 aliphatic carbocycles. The zero-order valence-electron chi connectivity index (χ0n) is 11.6. The van der Waals surface area contributed by atoms with Crippen LogP contribution in [-0.2, 0) is 0 Å². The minimum Gasteiger partial charge on any atom is -0.491 e. The second-order valence-corrected chi connectivity index (χ2v) is 6.18. The summed E-state index contributed by atoms with van der Waals surface area (Å²) in [4.78, 5) is 2.39. The van der Waals surface area contributed by atoms with Crippen LogP contribution in [0, 0.1) is 0 Å². The van der Waals surface area contributed by atoms with E-state index in [4.69, 9.17) is 16.3 Å². The summed E-state index contributed by atoms with van der Waals surface area (Å²) in [5, 5.41) is 4.10. The molecule has 0 amide bonds. The van der Waals surface area contributed by atoms with Gasteiger partial charge in [0.25, 0.3) is 0 Å². The number of ether oxygens (including phenoxy) is 1. The van der Waals surface area contributed by atoms with Crippen LogP contribution in [0.25, 0.3) is 0 Å². The van der Waals surface area contributed by atoms with Crippen molar-refractivity contribution in [1.29, 1.82) is 0 Å². The minimum absolute atomic E-state index is 0. The normalized spacial score (nSPS) is 16.0. The number of likely N-dealkylation sites (N-methyl/N-ethyl adjacent to an activating group) is 1. The second-order valence-electron chi connectivity index (χ2n) is 4.88. The summed E-state index contributed by atoms with van der Waals surface area (Å²) in [5.41, 5.74) is 0.